The maximum absolute atomic E-state index is 14.3. The van der Waals surface area contributed by atoms with E-state index >= 15 is 0 Å². The Morgan fingerprint density at radius 2 is 1.56 bits per heavy atom. The fourth-order valence-corrected chi connectivity index (χ4v) is 3.40. The second-order valence-corrected chi connectivity index (χ2v) is 7.11. The number of anilines is 2. The lowest BCUT2D eigenvalue weighted by atomic mass is 9.93. The number of rotatable bonds is 2. The summed E-state index contributed by atoms with van der Waals surface area (Å²) in [6.07, 6.45) is 0. The van der Waals surface area contributed by atoms with Crippen molar-refractivity contribution in [1.82, 2.24) is 15.5 Å². The van der Waals surface area contributed by atoms with Crippen LogP contribution in [0.15, 0.2) is 59.0 Å². The second-order valence-electron chi connectivity index (χ2n) is 7.11. The van der Waals surface area contributed by atoms with Gasteiger partial charge in [-0.1, -0.05) is 6.07 Å². The zero-order chi connectivity index (χ0) is 22.8. The van der Waals surface area contributed by atoms with E-state index in [1.807, 2.05) is 0 Å². The van der Waals surface area contributed by atoms with E-state index in [0.29, 0.717) is 51.6 Å². The molecular formula is C23H19F2N5O2. The van der Waals surface area contributed by atoms with Crippen LogP contribution < -0.4 is 16.8 Å². The number of benzene rings is 3. The maximum Gasteiger partial charge on any atom is 0.252 e. The molecule has 162 valence electrons. The van der Waals surface area contributed by atoms with Gasteiger partial charge in [-0.25, -0.2) is 8.78 Å². The first-order valence-electron chi connectivity index (χ1n) is 9.64. The van der Waals surface area contributed by atoms with Gasteiger partial charge in [-0.05, 0) is 59.7 Å². The molecule has 2 heterocycles. The Labute approximate surface area is 182 Å². The molecule has 9 heteroatoms. The monoisotopic (exact) mass is 435 g/mol. The smallest absolute Gasteiger partial charge is 0.252 e. The van der Waals surface area contributed by atoms with E-state index in [1.54, 1.807) is 31.2 Å². The van der Waals surface area contributed by atoms with Crippen molar-refractivity contribution in [3.8, 4) is 22.6 Å². The van der Waals surface area contributed by atoms with Crippen molar-refractivity contribution in [3.05, 3.63) is 83.2 Å². The first-order valence-corrected chi connectivity index (χ1v) is 9.64. The molecule has 5 N–H and O–H groups in total. The number of fused-ring (bicyclic) bond motifs is 1. The molecule has 0 atom stereocenters. The van der Waals surface area contributed by atoms with Crippen LogP contribution in [0.4, 0.5) is 20.2 Å². The van der Waals surface area contributed by atoms with E-state index in [1.165, 1.54) is 30.3 Å². The van der Waals surface area contributed by atoms with Crippen LogP contribution in [-0.4, -0.2) is 16.1 Å². The SMILES string of the molecule is Cc1nnc(-c2ccc(-c3ccc(N)cc3F)c3c2C(=O)NC3)o1.Nc1ccc(F)cc1. The van der Waals surface area contributed by atoms with Gasteiger partial charge in [0.05, 0.1) is 11.1 Å². The van der Waals surface area contributed by atoms with E-state index < -0.39 is 5.82 Å². The van der Waals surface area contributed by atoms with Crippen LogP contribution in [0.5, 0.6) is 0 Å². The first-order chi connectivity index (χ1) is 15.3. The Morgan fingerprint density at radius 3 is 2.19 bits per heavy atom. The minimum Gasteiger partial charge on any atom is -0.421 e. The van der Waals surface area contributed by atoms with Crippen LogP contribution in [0.25, 0.3) is 22.6 Å². The van der Waals surface area contributed by atoms with E-state index in [-0.39, 0.29) is 17.6 Å². The summed E-state index contributed by atoms with van der Waals surface area (Å²) in [7, 11) is 0. The summed E-state index contributed by atoms with van der Waals surface area (Å²) in [5.74, 6) is -0.248. The number of nitrogens with zero attached hydrogens (tertiary/aromatic N) is 2. The van der Waals surface area contributed by atoms with E-state index in [2.05, 4.69) is 15.5 Å². The van der Waals surface area contributed by atoms with E-state index in [4.69, 9.17) is 15.9 Å². The number of hydrogen-bond acceptors (Lipinski definition) is 6. The van der Waals surface area contributed by atoms with Gasteiger partial charge in [0.25, 0.3) is 5.91 Å². The molecule has 7 nitrogen and oxygen atoms in total. The van der Waals surface area contributed by atoms with Gasteiger partial charge in [-0.15, -0.1) is 10.2 Å². The van der Waals surface area contributed by atoms with Gasteiger partial charge in [0.15, 0.2) is 0 Å². The van der Waals surface area contributed by atoms with Crippen LogP contribution in [0, 0.1) is 18.6 Å². The number of carbonyl (C=O) groups excluding carboxylic acids is 1. The van der Waals surface area contributed by atoms with Crippen LogP contribution in [-0.2, 0) is 6.54 Å². The minimum absolute atomic E-state index is 0.242. The Bertz CT molecular complexity index is 1280. The number of hydrogen-bond donors (Lipinski definition) is 3. The van der Waals surface area contributed by atoms with E-state index in [9.17, 15) is 13.6 Å². The van der Waals surface area contributed by atoms with Crippen molar-refractivity contribution in [2.75, 3.05) is 11.5 Å². The summed E-state index contributed by atoms with van der Waals surface area (Å²) < 4.78 is 31.8. The molecule has 0 saturated heterocycles. The molecule has 4 aromatic rings. The molecule has 0 spiro atoms. The van der Waals surface area contributed by atoms with Gasteiger partial charge in [0, 0.05) is 30.4 Å². The van der Waals surface area contributed by atoms with Gasteiger partial charge in [-0.3, -0.25) is 4.79 Å². The standard InChI is InChI=1S/C17H13FN4O2.C6H6FN/c1-8-21-22-17(24-8)12-5-4-10(13-7-20-16(23)15(12)13)11-3-2-9(19)6-14(11)18;7-5-1-3-6(8)4-2-5/h2-6H,7,19H2,1H3,(H,20,23);1-4H,8H2. The van der Waals surface area contributed by atoms with Crippen LogP contribution in [0.1, 0.15) is 21.8 Å². The summed E-state index contributed by atoms with van der Waals surface area (Å²) in [4.78, 5) is 12.3. The molecule has 3 aromatic carbocycles. The fraction of sp³-hybridized carbons (Fsp3) is 0.0870. The normalized spacial score (nSPS) is 12.0. The summed E-state index contributed by atoms with van der Waals surface area (Å²) in [6.45, 7) is 1.99. The highest BCUT2D eigenvalue weighted by Crippen LogP contribution is 2.36. The predicted molar refractivity (Wildman–Crippen MR) is 116 cm³/mol. The number of nitrogens with one attached hydrogen (secondary N) is 1. The van der Waals surface area contributed by atoms with Gasteiger partial charge in [0.1, 0.15) is 11.6 Å². The number of nitrogens with two attached hydrogens (primary N) is 2. The Hall–Kier alpha value is -4.27. The second kappa shape index (κ2) is 8.46. The number of aromatic nitrogens is 2. The number of amides is 1. The van der Waals surface area contributed by atoms with Crippen molar-refractivity contribution in [2.45, 2.75) is 13.5 Å². The van der Waals surface area contributed by atoms with Gasteiger partial charge in [0.2, 0.25) is 11.8 Å². The van der Waals surface area contributed by atoms with Crippen LogP contribution in [0.2, 0.25) is 0 Å². The number of halogens is 2. The maximum atomic E-state index is 14.3. The van der Waals surface area contributed by atoms with Crippen molar-refractivity contribution in [2.24, 2.45) is 0 Å². The zero-order valence-electron chi connectivity index (χ0n) is 17.0. The topological polar surface area (TPSA) is 120 Å². The summed E-state index contributed by atoms with van der Waals surface area (Å²) >= 11 is 0. The van der Waals surface area contributed by atoms with Crippen molar-refractivity contribution < 1.29 is 18.0 Å². The third-order valence-corrected chi connectivity index (χ3v) is 4.88. The first kappa shape index (κ1) is 21.0. The molecule has 1 aromatic heterocycles. The lowest BCUT2D eigenvalue weighted by molar-refractivity contribution is 0.0966. The lowest BCUT2D eigenvalue weighted by Gasteiger charge is -2.11. The fourth-order valence-electron chi connectivity index (χ4n) is 3.40. The number of aryl methyl sites for hydroxylation is 1. The van der Waals surface area contributed by atoms with Gasteiger partial charge < -0.3 is 21.2 Å². The molecule has 32 heavy (non-hydrogen) atoms. The van der Waals surface area contributed by atoms with Crippen molar-refractivity contribution in [3.63, 3.8) is 0 Å². The molecule has 0 unspecified atom stereocenters. The largest absolute Gasteiger partial charge is 0.421 e. The Balaban J connectivity index is 0.000000260. The molecule has 0 saturated carbocycles. The molecule has 0 fully saturated rings. The molecule has 0 bridgehead atoms. The molecule has 1 aliphatic rings. The van der Waals surface area contributed by atoms with Crippen molar-refractivity contribution in [1.29, 1.82) is 0 Å². The molecule has 1 aliphatic heterocycles. The highest BCUT2D eigenvalue weighted by molar-refractivity contribution is 6.05. The van der Waals surface area contributed by atoms with Crippen molar-refractivity contribution >= 4 is 17.3 Å². The minimum atomic E-state index is -0.432. The zero-order valence-corrected chi connectivity index (χ0v) is 17.0. The van der Waals surface area contributed by atoms with Crippen LogP contribution in [0.3, 0.4) is 0 Å². The quantitative estimate of drug-likeness (QED) is 0.408. The lowest BCUT2D eigenvalue weighted by Crippen LogP contribution is -2.13. The Morgan fingerprint density at radius 1 is 0.906 bits per heavy atom. The highest BCUT2D eigenvalue weighted by Gasteiger charge is 2.29. The summed E-state index contributed by atoms with van der Waals surface area (Å²) in [5.41, 5.74) is 14.5. The molecule has 1 amide bonds. The Kier molecular flexibility index (Phi) is 5.55. The third-order valence-electron chi connectivity index (χ3n) is 4.88. The highest BCUT2D eigenvalue weighted by atomic mass is 19.1. The molecule has 0 radical (unpaired) electrons. The molecule has 0 aliphatic carbocycles. The van der Waals surface area contributed by atoms with Crippen LogP contribution >= 0.6 is 0 Å². The summed E-state index contributed by atoms with van der Waals surface area (Å²) in [6, 6.07) is 13.7. The molecular weight excluding hydrogens is 416 g/mol. The van der Waals surface area contributed by atoms with E-state index in [0.717, 1.165) is 0 Å². The average molecular weight is 435 g/mol. The summed E-state index contributed by atoms with van der Waals surface area (Å²) in [5, 5.41) is 10.5. The third kappa shape index (κ3) is 4.13. The number of nitrogen functional groups attached to an aromatic ring is 2. The van der Waals surface area contributed by atoms with Gasteiger partial charge in [-0.2, -0.15) is 0 Å². The average Bonchev–Trinajstić information content (AvgIpc) is 3.37. The molecule has 5 rings (SSSR count). The number of carbonyl (C=O) groups is 1. The van der Waals surface area contributed by atoms with Gasteiger partial charge >= 0.3 is 0 Å². The predicted octanol–water partition coefficient (Wildman–Crippen LogP) is 4.08.